The number of hydrogen-bond acceptors (Lipinski definition) is 3. The lowest BCUT2D eigenvalue weighted by Crippen LogP contribution is -2.21. The van der Waals surface area contributed by atoms with E-state index in [4.69, 9.17) is 5.73 Å². The fourth-order valence-corrected chi connectivity index (χ4v) is 2.27. The van der Waals surface area contributed by atoms with Crippen molar-refractivity contribution in [3.05, 3.63) is 16.1 Å². The van der Waals surface area contributed by atoms with Crippen molar-refractivity contribution in [3.63, 3.8) is 0 Å². The molecule has 0 aliphatic rings. The van der Waals surface area contributed by atoms with Crippen LogP contribution in [0, 0.1) is 6.92 Å². The Hall–Kier alpha value is -0.900. The van der Waals surface area contributed by atoms with Crippen LogP contribution in [0.25, 0.3) is 0 Å². The number of nitrogens with two attached hydrogens (primary N) is 1. The number of primary amides is 1. The van der Waals surface area contributed by atoms with Crippen LogP contribution in [-0.2, 0) is 4.79 Å². The predicted molar refractivity (Wildman–Crippen MR) is 58.3 cm³/mol. The van der Waals surface area contributed by atoms with Crippen LogP contribution in [0.2, 0.25) is 0 Å². The quantitative estimate of drug-likeness (QED) is 0.813. The Kier molecular flexibility index (Phi) is 4.07. The summed E-state index contributed by atoms with van der Waals surface area (Å²) in [5.41, 5.74) is 6.31. The van der Waals surface area contributed by atoms with E-state index in [1.807, 2.05) is 12.3 Å². The van der Waals surface area contributed by atoms with Gasteiger partial charge >= 0.3 is 0 Å². The molecular formula is C10H16N2OS. The maximum Gasteiger partial charge on any atom is 0.227 e. The molecule has 1 heterocycles. The molecule has 14 heavy (non-hydrogen) atoms. The van der Waals surface area contributed by atoms with Crippen molar-refractivity contribution in [1.82, 2.24) is 4.98 Å². The van der Waals surface area contributed by atoms with E-state index in [0.29, 0.717) is 0 Å². The lowest BCUT2D eigenvalue weighted by Gasteiger charge is -2.08. The van der Waals surface area contributed by atoms with Gasteiger partial charge in [0, 0.05) is 11.1 Å². The fraction of sp³-hybridized carbons (Fsp3) is 0.600. The minimum absolute atomic E-state index is 0.186. The highest BCUT2D eigenvalue weighted by molar-refractivity contribution is 7.09. The average molecular weight is 212 g/mol. The van der Waals surface area contributed by atoms with Crippen molar-refractivity contribution < 1.29 is 4.79 Å². The molecule has 4 heteroatoms. The van der Waals surface area contributed by atoms with Crippen molar-refractivity contribution in [1.29, 1.82) is 0 Å². The molecule has 1 amide bonds. The second-order valence-electron chi connectivity index (χ2n) is 3.42. The minimum atomic E-state index is -0.257. The summed E-state index contributed by atoms with van der Waals surface area (Å²) in [6, 6.07) is 0. The molecule has 0 radical (unpaired) electrons. The maximum atomic E-state index is 11.2. The van der Waals surface area contributed by atoms with Crippen molar-refractivity contribution in [3.8, 4) is 0 Å². The minimum Gasteiger partial charge on any atom is -0.369 e. The number of carbonyl (C=O) groups excluding carboxylic acids is 1. The predicted octanol–water partition coefficient (Wildman–Crippen LogP) is 2.21. The summed E-state index contributed by atoms with van der Waals surface area (Å²) >= 11 is 1.52. The molecule has 0 bridgehead atoms. The molecule has 1 unspecified atom stereocenters. The van der Waals surface area contributed by atoms with Crippen LogP contribution < -0.4 is 5.73 Å². The van der Waals surface area contributed by atoms with Gasteiger partial charge < -0.3 is 5.73 Å². The van der Waals surface area contributed by atoms with Crippen molar-refractivity contribution >= 4 is 17.2 Å². The van der Waals surface area contributed by atoms with Gasteiger partial charge in [0.1, 0.15) is 5.01 Å². The molecule has 0 saturated carbocycles. The van der Waals surface area contributed by atoms with Gasteiger partial charge in [-0.1, -0.05) is 19.8 Å². The van der Waals surface area contributed by atoms with Gasteiger partial charge in [0.2, 0.25) is 5.91 Å². The summed E-state index contributed by atoms with van der Waals surface area (Å²) in [6.45, 7) is 4.03. The molecule has 2 N–H and O–H groups in total. The number of rotatable bonds is 5. The van der Waals surface area contributed by atoms with E-state index in [0.717, 1.165) is 30.0 Å². The number of hydrogen-bond donors (Lipinski definition) is 1. The first-order valence-corrected chi connectivity index (χ1v) is 5.74. The Balaban J connectivity index is 2.72. The first-order valence-electron chi connectivity index (χ1n) is 4.86. The fourth-order valence-electron chi connectivity index (χ4n) is 1.33. The van der Waals surface area contributed by atoms with Gasteiger partial charge in [-0.3, -0.25) is 4.79 Å². The number of carbonyl (C=O) groups is 1. The number of nitrogens with zero attached hydrogens (tertiary/aromatic N) is 1. The molecule has 0 fully saturated rings. The Morgan fingerprint density at radius 3 is 2.86 bits per heavy atom. The highest BCUT2D eigenvalue weighted by Gasteiger charge is 2.19. The van der Waals surface area contributed by atoms with Crippen molar-refractivity contribution in [2.45, 2.75) is 39.0 Å². The Bertz CT molecular complexity index is 309. The summed E-state index contributed by atoms with van der Waals surface area (Å²) in [5.74, 6) is -0.443. The second-order valence-corrected chi connectivity index (χ2v) is 4.31. The number of thiazole rings is 1. The molecule has 0 saturated heterocycles. The Morgan fingerprint density at radius 2 is 2.43 bits per heavy atom. The Labute approximate surface area is 88.3 Å². The van der Waals surface area contributed by atoms with E-state index in [1.54, 1.807) is 0 Å². The monoisotopic (exact) mass is 212 g/mol. The van der Waals surface area contributed by atoms with Gasteiger partial charge in [-0.2, -0.15) is 0 Å². The summed E-state index contributed by atoms with van der Waals surface area (Å²) < 4.78 is 0. The molecule has 0 aliphatic heterocycles. The lowest BCUT2D eigenvalue weighted by atomic mass is 10.0. The average Bonchev–Trinajstić information content (AvgIpc) is 2.52. The Morgan fingerprint density at radius 1 is 1.71 bits per heavy atom. The molecule has 0 aliphatic carbocycles. The molecule has 3 nitrogen and oxygen atoms in total. The maximum absolute atomic E-state index is 11.2. The van der Waals surface area contributed by atoms with E-state index in [9.17, 15) is 4.79 Å². The van der Waals surface area contributed by atoms with Crippen molar-refractivity contribution in [2.24, 2.45) is 5.73 Å². The lowest BCUT2D eigenvalue weighted by molar-refractivity contribution is -0.119. The third-order valence-corrected chi connectivity index (χ3v) is 3.20. The SMILES string of the molecule is CCCCC(C(N)=O)c1nc(C)cs1. The zero-order valence-corrected chi connectivity index (χ0v) is 9.43. The van der Waals surface area contributed by atoms with Gasteiger partial charge in [0.05, 0.1) is 5.92 Å². The molecular weight excluding hydrogens is 196 g/mol. The van der Waals surface area contributed by atoms with Crippen molar-refractivity contribution in [2.75, 3.05) is 0 Å². The molecule has 1 atom stereocenters. The second kappa shape index (κ2) is 5.10. The van der Waals surface area contributed by atoms with Crippen LogP contribution in [0.15, 0.2) is 5.38 Å². The zero-order chi connectivity index (χ0) is 10.6. The van der Waals surface area contributed by atoms with E-state index >= 15 is 0 Å². The van der Waals surface area contributed by atoms with E-state index in [2.05, 4.69) is 11.9 Å². The molecule has 0 aromatic carbocycles. The first-order chi connectivity index (χ1) is 6.65. The van der Waals surface area contributed by atoms with Gasteiger partial charge in [0.15, 0.2) is 0 Å². The van der Waals surface area contributed by atoms with E-state index in [1.165, 1.54) is 11.3 Å². The van der Waals surface area contributed by atoms with Crippen LogP contribution in [0.1, 0.15) is 42.8 Å². The number of aryl methyl sites for hydroxylation is 1. The van der Waals surface area contributed by atoms with Gasteiger partial charge in [-0.15, -0.1) is 11.3 Å². The van der Waals surface area contributed by atoms with Gasteiger partial charge in [0.25, 0.3) is 0 Å². The summed E-state index contributed by atoms with van der Waals surface area (Å²) in [6.07, 6.45) is 2.92. The van der Waals surface area contributed by atoms with E-state index < -0.39 is 0 Å². The van der Waals surface area contributed by atoms with Gasteiger partial charge in [-0.05, 0) is 13.3 Å². The highest BCUT2D eigenvalue weighted by atomic mass is 32.1. The molecule has 1 aromatic rings. The number of unbranched alkanes of at least 4 members (excludes halogenated alkanes) is 1. The largest absolute Gasteiger partial charge is 0.369 e. The standard InChI is InChI=1S/C10H16N2OS/c1-3-4-5-8(9(11)13)10-12-7(2)6-14-10/h6,8H,3-5H2,1-2H3,(H2,11,13). The number of amides is 1. The molecule has 78 valence electrons. The van der Waals surface area contributed by atoms with Crippen LogP contribution in [-0.4, -0.2) is 10.9 Å². The smallest absolute Gasteiger partial charge is 0.227 e. The highest BCUT2D eigenvalue weighted by Crippen LogP contribution is 2.24. The van der Waals surface area contributed by atoms with Crippen LogP contribution in [0.4, 0.5) is 0 Å². The summed E-state index contributed by atoms with van der Waals surface area (Å²) in [7, 11) is 0. The van der Waals surface area contributed by atoms with E-state index in [-0.39, 0.29) is 11.8 Å². The summed E-state index contributed by atoms with van der Waals surface area (Å²) in [4.78, 5) is 15.5. The molecule has 1 rings (SSSR count). The third-order valence-electron chi connectivity index (χ3n) is 2.12. The molecule has 1 aromatic heterocycles. The van der Waals surface area contributed by atoms with Crippen LogP contribution >= 0.6 is 11.3 Å². The summed E-state index contributed by atoms with van der Waals surface area (Å²) in [5, 5.41) is 2.82. The topological polar surface area (TPSA) is 56.0 Å². The van der Waals surface area contributed by atoms with Gasteiger partial charge in [-0.25, -0.2) is 4.98 Å². The van der Waals surface area contributed by atoms with Crippen LogP contribution in [0.5, 0.6) is 0 Å². The third kappa shape index (κ3) is 2.80. The first kappa shape index (κ1) is 11.2. The molecule has 0 spiro atoms. The zero-order valence-electron chi connectivity index (χ0n) is 8.62. The normalized spacial score (nSPS) is 12.7. The van der Waals surface area contributed by atoms with Crippen LogP contribution in [0.3, 0.4) is 0 Å². The number of aromatic nitrogens is 1.